The van der Waals surface area contributed by atoms with Gasteiger partial charge in [-0.25, -0.2) is 14.5 Å². The van der Waals surface area contributed by atoms with Gasteiger partial charge in [-0.05, 0) is 0 Å². The number of hydrogen-bond donors (Lipinski definition) is 6. The van der Waals surface area contributed by atoms with Gasteiger partial charge >= 0.3 is 12.1 Å². The first-order chi connectivity index (χ1) is 14.0. The van der Waals surface area contributed by atoms with E-state index >= 15 is 0 Å². The number of rotatable bonds is 5. The highest BCUT2D eigenvalue weighted by Crippen LogP contribution is 2.27. The number of imide groups is 2. The monoisotopic (exact) mass is 434 g/mol. The number of amides is 6. The molecular weight excluding hydrogens is 408 g/mol. The first-order valence-corrected chi connectivity index (χ1v) is 9.17. The van der Waals surface area contributed by atoms with Crippen LogP contribution in [0.5, 0.6) is 0 Å². The van der Waals surface area contributed by atoms with Crippen LogP contribution in [0, 0.1) is 11.8 Å². The van der Waals surface area contributed by atoms with Gasteiger partial charge in [-0.2, -0.15) is 0 Å². The van der Waals surface area contributed by atoms with Crippen LogP contribution in [0.4, 0.5) is 9.59 Å². The Morgan fingerprint density at radius 1 is 0.900 bits per heavy atom. The highest BCUT2D eigenvalue weighted by atomic mass is 16.4. The minimum atomic E-state index is -2.22. The molecule has 0 radical (unpaired) electrons. The minimum absolute atomic E-state index is 0.247. The number of carbonyl (C=O) groups excluding carboxylic acids is 4. The third-order valence-corrected chi connectivity index (χ3v) is 5.14. The van der Waals surface area contributed by atoms with Gasteiger partial charge in [0.15, 0.2) is 12.5 Å². The molecule has 2 heterocycles. The SMILES string of the molecule is CC1CN(C(O)C(O)N2C(=O)N(C(=O)CO)CC(C)C2O)C(=O)N(C(=O)CO)C1O. The number of carbonyl (C=O) groups is 4. The summed E-state index contributed by atoms with van der Waals surface area (Å²) in [5.41, 5.74) is 0. The zero-order valence-corrected chi connectivity index (χ0v) is 16.4. The molecule has 0 aliphatic carbocycles. The summed E-state index contributed by atoms with van der Waals surface area (Å²) >= 11 is 0. The fourth-order valence-corrected chi connectivity index (χ4v) is 3.40. The van der Waals surface area contributed by atoms with Crippen LogP contribution in [-0.2, 0) is 9.59 Å². The molecule has 2 fully saturated rings. The molecular formula is C16H26N4O10. The van der Waals surface area contributed by atoms with E-state index in [1.54, 1.807) is 0 Å². The smallest absolute Gasteiger partial charge is 0.331 e. The van der Waals surface area contributed by atoms with E-state index in [-0.39, 0.29) is 13.1 Å². The Hall–Kier alpha value is -2.36. The van der Waals surface area contributed by atoms with Gasteiger partial charge < -0.3 is 30.6 Å². The molecule has 2 aliphatic rings. The molecule has 0 aromatic heterocycles. The van der Waals surface area contributed by atoms with Crippen molar-refractivity contribution in [3.8, 4) is 0 Å². The van der Waals surface area contributed by atoms with E-state index in [9.17, 15) is 39.6 Å². The van der Waals surface area contributed by atoms with Crippen LogP contribution in [-0.4, -0.2) is 125 Å². The van der Waals surface area contributed by atoms with Crippen molar-refractivity contribution in [2.45, 2.75) is 38.8 Å². The Morgan fingerprint density at radius 3 is 1.97 bits per heavy atom. The predicted molar refractivity (Wildman–Crippen MR) is 94.4 cm³/mol. The normalized spacial score (nSPS) is 29.9. The Bertz CT molecular complexity index is 706. The summed E-state index contributed by atoms with van der Waals surface area (Å²) in [5.74, 6) is -3.71. The lowest BCUT2D eigenvalue weighted by Crippen LogP contribution is -2.69. The molecule has 2 rings (SSSR count). The predicted octanol–water partition coefficient (Wildman–Crippen LogP) is -3.95. The van der Waals surface area contributed by atoms with Crippen molar-refractivity contribution in [3.05, 3.63) is 0 Å². The van der Waals surface area contributed by atoms with Crippen molar-refractivity contribution in [3.63, 3.8) is 0 Å². The molecule has 6 amide bonds. The zero-order chi connectivity index (χ0) is 22.9. The van der Waals surface area contributed by atoms with Gasteiger partial charge in [0.2, 0.25) is 0 Å². The first-order valence-electron chi connectivity index (χ1n) is 9.17. The van der Waals surface area contributed by atoms with Crippen LogP contribution in [0.25, 0.3) is 0 Å². The number of aliphatic hydroxyl groups excluding tert-OH is 6. The van der Waals surface area contributed by atoms with Gasteiger partial charge in [0.05, 0.1) is 0 Å². The minimum Gasteiger partial charge on any atom is -0.387 e. The van der Waals surface area contributed by atoms with Crippen molar-refractivity contribution in [2.24, 2.45) is 11.8 Å². The summed E-state index contributed by atoms with van der Waals surface area (Å²) in [6, 6.07) is -2.44. The number of nitrogens with zero attached hydrogens (tertiary/aromatic N) is 4. The van der Waals surface area contributed by atoms with Crippen LogP contribution in [0.3, 0.4) is 0 Å². The highest BCUT2D eigenvalue weighted by molar-refractivity contribution is 5.96. The van der Waals surface area contributed by atoms with Gasteiger partial charge in [0.1, 0.15) is 25.7 Å². The maximum absolute atomic E-state index is 12.6. The van der Waals surface area contributed by atoms with E-state index in [2.05, 4.69) is 0 Å². The van der Waals surface area contributed by atoms with Crippen LogP contribution >= 0.6 is 0 Å². The molecule has 30 heavy (non-hydrogen) atoms. The Balaban J connectivity index is 2.30. The second-order valence-electron chi connectivity index (χ2n) is 7.32. The van der Waals surface area contributed by atoms with Crippen molar-refractivity contribution >= 4 is 23.9 Å². The van der Waals surface area contributed by atoms with E-state index in [0.717, 1.165) is 0 Å². The topological polar surface area (TPSA) is 203 Å². The zero-order valence-electron chi connectivity index (χ0n) is 16.4. The molecule has 0 aromatic carbocycles. The van der Waals surface area contributed by atoms with Crippen molar-refractivity contribution < 1.29 is 49.8 Å². The largest absolute Gasteiger partial charge is 0.387 e. The third kappa shape index (κ3) is 4.10. The van der Waals surface area contributed by atoms with E-state index < -0.39 is 73.8 Å². The number of urea groups is 2. The summed E-state index contributed by atoms with van der Waals surface area (Å²) in [7, 11) is 0. The van der Waals surface area contributed by atoms with E-state index in [0.29, 0.717) is 19.6 Å². The lowest BCUT2D eigenvalue weighted by atomic mass is 10.0. The summed E-state index contributed by atoms with van der Waals surface area (Å²) in [6.45, 7) is 0.211. The molecule has 2 saturated heterocycles. The number of aliphatic hydroxyl groups is 6. The average molecular weight is 434 g/mol. The molecule has 14 heteroatoms. The molecule has 6 unspecified atom stereocenters. The molecule has 0 aromatic rings. The fourth-order valence-electron chi connectivity index (χ4n) is 3.40. The maximum Gasteiger partial charge on any atom is 0.331 e. The van der Waals surface area contributed by atoms with Crippen molar-refractivity contribution in [1.29, 1.82) is 0 Å². The maximum atomic E-state index is 12.6. The Kier molecular flexibility index (Phi) is 7.33. The van der Waals surface area contributed by atoms with Crippen LogP contribution in [0.15, 0.2) is 0 Å². The van der Waals surface area contributed by atoms with Crippen LogP contribution in [0.2, 0.25) is 0 Å². The lowest BCUT2D eigenvalue weighted by molar-refractivity contribution is -0.194. The lowest BCUT2D eigenvalue weighted by Gasteiger charge is -2.48. The van der Waals surface area contributed by atoms with Crippen LogP contribution in [0.1, 0.15) is 13.8 Å². The average Bonchev–Trinajstić information content (AvgIpc) is 2.72. The molecule has 0 bridgehead atoms. The molecule has 0 spiro atoms. The summed E-state index contributed by atoms with van der Waals surface area (Å²) in [5, 5.41) is 59.6. The quantitative estimate of drug-likeness (QED) is 0.248. The molecule has 14 nitrogen and oxygen atoms in total. The standard InChI is InChI=1S/C16H26N4O10/c1-7-3-17(9(23)5-21)15(29)20(12(7)26)14(28)13(27)18-4-8(2)11(25)19(16(18)30)10(24)6-22/h7-8,11-14,21-22,25-28H,3-6H2,1-2H3. The Morgan fingerprint density at radius 2 is 1.43 bits per heavy atom. The van der Waals surface area contributed by atoms with Gasteiger partial charge in [-0.1, -0.05) is 13.8 Å². The fraction of sp³-hybridized carbons (Fsp3) is 0.750. The van der Waals surface area contributed by atoms with Gasteiger partial charge in [0, 0.05) is 24.9 Å². The second-order valence-corrected chi connectivity index (χ2v) is 7.32. The molecule has 170 valence electrons. The third-order valence-electron chi connectivity index (χ3n) is 5.14. The van der Waals surface area contributed by atoms with Gasteiger partial charge in [-0.15, -0.1) is 0 Å². The Labute approximate surface area is 171 Å². The first kappa shape index (κ1) is 23.9. The van der Waals surface area contributed by atoms with Gasteiger partial charge in [-0.3, -0.25) is 24.3 Å². The van der Waals surface area contributed by atoms with E-state index in [4.69, 9.17) is 10.2 Å². The molecule has 2 aliphatic heterocycles. The second kappa shape index (κ2) is 9.20. The van der Waals surface area contributed by atoms with Crippen LogP contribution < -0.4 is 0 Å². The summed E-state index contributed by atoms with van der Waals surface area (Å²) < 4.78 is 0. The van der Waals surface area contributed by atoms with E-state index in [1.807, 2.05) is 0 Å². The molecule has 6 atom stereocenters. The number of hydrogen-bond acceptors (Lipinski definition) is 10. The summed E-state index contributed by atoms with van der Waals surface area (Å²) in [6.07, 6.45) is -7.60. The highest BCUT2D eigenvalue weighted by Gasteiger charge is 2.49. The van der Waals surface area contributed by atoms with E-state index in [1.165, 1.54) is 13.8 Å². The van der Waals surface area contributed by atoms with Gasteiger partial charge in [0.25, 0.3) is 11.8 Å². The van der Waals surface area contributed by atoms with Crippen molar-refractivity contribution in [1.82, 2.24) is 19.6 Å². The van der Waals surface area contributed by atoms with Crippen molar-refractivity contribution in [2.75, 3.05) is 26.3 Å². The summed E-state index contributed by atoms with van der Waals surface area (Å²) in [4.78, 5) is 50.6. The molecule has 0 saturated carbocycles. The molecule has 6 N–H and O–H groups in total.